The SMILES string of the molecule is CC(C)(C)Oc1ccc(CNC(=O)c2ccncc2)cn1. The molecule has 1 amide bonds. The highest BCUT2D eigenvalue weighted by molar-refractivity contribution is 5.93. The number of pyridine rings is 2. The monoisotopic (exact) mass is 285 g/mol. The Labute approximate surface area is 124 Å². The Morgan fingerprint density at radius 3 is 2.48 bits per heavy atom. The smallest absolute Gasteiger partial charge is 0.251 e. The van der Waals surface area contributed by atoms with E-state index in [9.17, 15) is 4.79 Å². The Morgan fingerprint density at radius 2 is 1.90 bits per heavy atom. The van der Waals surface area contributed by atoms with Crippen molar-refractivity contribution >= 4 is 5.91 Å². The molecule has 0 bridgehead atoms. The number of ether oxygens (including phenoxy) is 1. The van der Waals surface area contributed by atoms with Crippen molar-refractivity contribution in [1.82, 2.24) is 15.3 Å². The van der Waals surface area contributed by atoms with Gasteiger partial charge < -0.3 is 10.1 Å². The van der Waals surface area contributed by atoms with Crippen LogP contribution in [0.2, 0.25) is 0 Å². The fraction of sp³-hybridized carbons (Fsp3) is 0.312. The highest BCUT2D eigenvalue weighted by atomic mass is 16.5. The zero-order valence-corrected chi connectivity index (χ0v) is 12.5. The lowest BCUT2D eigenvalue weighted by Crippen LogP contribution is -2.24. The number of rotatable bonds is 4. The van der Waals surface area contributed by atoms with E-state index in [0.29, 0.717) is 18.0 Å². The summed E-state index contributed by atoms with van der Waals surface area (Å²) in [4.78, 5) is 20.0. The van der Waals surface area contributed by atoms with E-state index in [1.165, 1.54) is 0 Å². The molecule has 2 aromatic heterocycles. The van der Waals surface area contributed by atoms with E-state index in [-0.39, 0.29) is 11.5 Å². The third-order valence-corrected chi connectivity index (χ3v) is 2.60. The Hall–Kier alpha value is -2.43. The van der Waals surface area contributed by atoms with Crippen molar-refractivity contribution < 1.29 is 9.53 Å². The van der Waals surface area contributed by atoms with Crippen LogP contribution in [0.4, 0.5) is 0 Å². The lowest BCUT2D eigenvalue weighted by Gasteiger charge is -2.20. The van der Waals surface area contributed by atoms with Gasteiger partial charge in [-0.15, -0.1) is 0 Å². The molecule has 0 spiro atoms. The maximum absolute atomic E-state index is 11.9. The molecule has 2 heterocycles. The second kappa shape index (κ2) is 6.35. The number of nitrogens with zero attached hydrogens (tertiary/aromatic N) is 2. The minimum atomic E-state index is -0.274. The summed E-state index contributed by atoms with van der Waals surface area (Å²) in [5.41, 5.74) is 1.23. The average Bonchev–Trinajstić information content (AvgIpc) is 2.45. The molecule has 0 radical (unpaired) electrons. The summed E-state index contributed by atoms with van der Waals surface area (Å²) in [6, 6.07) is 7.04. The summed E-state index contributed by atoms with van der Waals surface area (Å²) in [5, 5.41) is 2.84. The van der Waals surface area contributed by atoms with Gasteiger partial charge in [-0.05, 0) is 38.5 Å². The van der Waals surface area contributed by atoms with E-state index in [4.69, 9.17) is 4.74 Å². The minimum Gasteiger partial charge on any atom is -0.472 e. The maximum Gasteiger partial charge on any atom is 0.251 e. The number of hydrogen-bond acceptors (Lipinski definition) is 4. The van der Waals surface area contributed by atoms with Crippen molar-refractivity contribution in [1.29, 1.82) is 0 Å². The second-order valence-corrected chi connectivity index (χ2v) is 5.64. The van der Waals surface area contributed by atoms with Crippen molar-refractivity contribution in [2.75, 3.05) is 0 Å². The summed E-state index contributed by atoms with van der Waals surface area (Å²) in [6.07, 6.45) is 4.89. The van der Waals surface area contributed by atoms with Gasteiger partial charge >= 0.3 is 0 Å². The van der Waals surface area contributed by atoms with Crippen molar-refractivity contribution in [3.8, 4) is 5.88 Å². The molecule has 0 unspecified atom stereocenters. The molecule has 0 aromatic carbocycles. The van der Waals surface area contributed by atoms with Gasteiger partial charge in [0.1, 0.15) is 5.60 Å². The van der Waals surface area contributed by atoms with Crippen LogP contribution < -0.4 is 10.1 Å². The molecule has 0 saturated carbocycles. The molecule has 0 saturated heterocycles. The number of hydrogen-bond donors (Lipinski definition) is 1. The van der Waals surface area contributed by atoms with E-state index in [0.717, 1.165) is 5.56 Å². The summed E-state index contributed by atoms with van der Waals surface area (Å²) in [7, 11) is 0. The number of aromatic nitrogens is 2. The van der Waals surface area contributed by atoms with E-state index >= 15 is 0 Å². The quantitative estimate of drug-likeness (QED) is 0.937. The van der Waals surface area contributed by atoms with Crippen LogP contribution in [0.15, 0.2) is 42.9 Å². The number of carbonyl (C=O) groups excluding carboxylic acids is 1. The van der Waals surface area contributed by atoms with Crippen LogP contribution in [-0.4, -0.2) is 21.5 Å². The Morgan fingerprint density at radius 1 is 1.19 bits per heavy atom. The summed E-state index contributed by atoms with van der Waals surface area (Å²) in [6.45, 7) is 6.33. The topological polar surface area (TPSA) is 64.1 Å². The lowest BCUT2D eigenvalue weighted by atomic mass is 10.2. The molecule has 21 heavy (non-hydrogen) atoms. The van der Waals surface area contributed by atoms with E-state index in [2.05, 4.69) is 15.3 Å². The Kier molecular flexibility index (Phi) is 4.52. The highest BCUT2D eigenvalue weighted by Gasteiger charge is 2.12. The average molecular weight is 285 g/mol. The van der Waals surface area contributed by atoms with Gasteiger partial charge in [0.15, 0.2) is 0 Å². The van der Waals surface area contributed by atoms with Gasteiger partial charge in [-0.3, -0.25) is 9.78 Å². The van der Waals surface area contributed by atoms with Crippen LogP contribution in [-0.2, 0) is 6.54 Å². The molecule has 0 aliphatic carbocycles. The van der Waals surface area contributed by atoms with Crippen molar-refractivity contribution in [3.63, 3.8) is 0 Å². The number of nitrogens with one attached hydrogen (secondary N) is 1. The van der Waals surface area contributed by atoms with Crippen molar-refractivity contribution in [3.05, 3.63) is 54.0 Å². The summed E-state index contributed by atoms with van der Waals surface area (Å²) < 4.78 is 5.65. The van der Waals surface area contributed by atoms with Crippen molar-refractivity contribution in [2.45, 2.75) is 32.9 Å². The van der Waals surface area contributed by atoms with Crippen LogP contribution in [0.5, 0.6) is 5.88 Å². The van der Waals surface area contributed by atoms with E-state index in [1.54, 1.807) is 36.8 Å². The number of amides is 1. The molecule has 0 fully saturated rings. The molecule has 2 aromatic rings. The van der Waals surface area contributed by atoms with Crippen LogP contribution in [0.25, 0.3) is 0 Å². The Balaban J connectivity index is 1.91. The predicted octanol–water partition coefficient (Wildman–Crippen LogP) is 2.58. The molecular weight excluding hydrogens is 266 g/mol. The van der Waals surface area contributed by atoms with Gasteiger partial charge in [0, 0.05) is 36.8 Å². The third-order valence-electron chi connectivity index (χ3n) is 2.60. The highest BCUT2D eigenvalue weighted by Crippen LogP contribution is 2.15. The van der Waals surface area contributed by atoms with Crippen LogP contribution in [0.1, 0.15) is 36.7 Å². The zero-order chi connectivity index (χ0) is 15.3. The second-order valence-electron chi connectivity index (χ2n) is 5.64. The molecule has 0 aliphatic heterocycles. The summed E-state index contributed by atoms with van der Waals surface area (Å²) in [5.74, 6) is 0.444. The van der Waals surface area contributed by atoms with Gasteiger partial charge in [0.25, 0.3) is 5.91 Å². The number of carbonyl (C=O) groups is 1. The summed E-state index contributed by atoms with van der Waals surface area (Å²) >= 11 is 0. The van der Waals surface area contributed by atoms with Crippen LogP contribution >= 0.6 is 0 Å². The van der Waals surface area contributed by atoms with Gasteiger partial charge in [0.05, 0.1) is 0 Å². The third kappa shape index (κ3) is 4.87. The van der Waals surface area contributed by atoms with Gasteiger partial charge in [-0.2, -0.15) is 0 Å². The van der Waals surface area contributed by atoms with Crippen LogP contribution in [0, 0.1) is 0 Å². The molecule has 2 rings (SSSR count). The first-order chi connectivity index (χ1) is 9.94. The Bertz CT molecular complexity index is 589. The largest absolute Gasteiger partial charge is 0.472 e. The first kappa shape index (κ1) is 15.0. The molecule has 110 valence electrons. The molecule has 5 nitrogen and oxygen atoms in total. The van der Waals surface area contributed by atoms with Gasteiger partial charge in [-0.25, -0.2) is 4.98 Å². The molecule has 0 atom stereocenters. The molecule has 0 aliphatic rings. The molecule has 5 heteroatoms. The maximum atomic E-state index is 11.9. The zero-order valence-electron chi connectivity index (χ0n) is 12.5. The first-order valence-corrected chi connectivity index (χ1v) is 6.76. The van der Waals surface area contributed by atoms with Gasteiger partial charge in [-0.1, -0.05) is 6.07 Å². The molecular formula is C16H19N3O2. The predicted molar refractivity (Wildman–Crippen MR) is 80.0 cm³/mol. The standard InChI is InChI=1S/C16H19N3O2/c1-16(2,3)21-14-5-4-12(10-18-14)11-19-15(20)13-6-8-17-9-7-13/h4-10H,11H2,1-3H3,(H,19,20). The first-order valence-electron chi connectivity index (χ1n) is 6.76. The molecule has 1 N–H and O–H groups in total. The minimum absolute atomic E-state index is 0.132. The lowest BCUT2D eigenvalue weighted by molar-refractivity contribution is 0.0951. The fourth-order valence-corrected chi connectivity index (χ4v) is 1.68. The fourth-order valence-electron chi connectivity index (χ4n) is 1.68. The van der Waals surface area contributed by atoms with Gasteiger partial charge in [0.2, 0.25) is 5.88 Å². The van der Waals surface area contributed by atoms with E-state index < -0.39 is 0 Å². The normalized spacial score (nSPS) is 11.0. The van der Waals surface area contributed by atoms with Crippen LogP contribution in [0.3, 0.4) is 0 Å². The van der Waals surface area contributed by atoms with Crippen molar-refractivity contribution in [2.24, 2.45) is 0 Å². The van der Waals surface area contributed by atoms with E-state index in [1.807, 2.05) is 26.8 Å².